The summed E-state index contributed by atoms with van der Waals surface area (Å²) in [5.41, 5.74) is 1.02. The molecular weight excluding hydrogens is 406 g/mol. The number of hydrogen-bond acceptors (Lipinski definition) is 4. The zero-order valence-corrected chi connectivity index (χ0v) is 17.8. The first-order chi connectivity index (χ1) is 15.4. The maximum atomic E-state index is 13.2. The lowest BCUT2D eigenvalue weighted by molar-refractivity contribution is -0.127. The number of anilines is 3. The van der Waals surface area contributed by atoms with Crippen LogP contribution in [0.2, 0.25) is 0 Å². The summed E-state index contributed by atoms with van der Waals surface area (Å²) in [6, 6.07) is 22.9. The summed E-state index contributed by atoms with van der Waals surface area (Å²) in [4.78, 5) is 40.0. The molecule has 3 aromatic carbocycles. The molecule has 1 aliphatic rings. The molecule has 7 heteroatoms. The maximum Gasteiger partial charge on any atom is 0.265 e. The van der Waals surface area contributed by atoms with Gasteiger partial charge >= 0.3 is 0 Å². The quantitative estimate of drug-likeness (QED) is 0.640. The number of ether oxygens (including phenoxy) is 1. The molecule has 0 unspecified atom stereocenters. The van der Waals surface area contributed by atoms with Crippen molar-refractivity contribution in [1.82, 2.24) is 0 Å². The molecule has 0 atom stereocenters. The van der Waals surface area contributed by atoms with Gasteiger partial charge in [0.25, 0.3) is 11.8 Å². The van der Waals surface area contributed by atoms with Crippen molar-refractivity contribution in [1.29, 1.82) is 0 Å². The van der Waals surface area contributed by atoms with Crippen LogP contribution in [0, 0.1) is 0 Å². The molecule has 0 aliphatic carbocycles. The molecular formula is C25H23N3O4. The zero-order chi connectivity index (χ0) is 22.7. The molecule has 0 aromatic heterocycles. The van der Waals surface area contributed by atoms with Crippen LogP contribution in [0.25, 0.3) is 0 Å². The monoisotopic (exact) mass is 429 g/mol. The van der Waals surface area contributed by atoms with Gasteiger partial charge in [0, 0.05) is 5.69 Å². The number of nitrogens with zero attached hydrogens (tertiary/aromatic N) is 1. The summed E-state index contributed by atoms with van der Waals surface area (Å²) in [5, 5.41) is 5.64. The van der Waals surface area contributed by atoms with Gasteiger partial charge in [-0.15, -0.1) is 0 Å². The Kier molecular flexibility index (Phi) is 5.64. The van der Waals surface area contributed by atoms with E-state index in [4.69, 9.17) is 4.74 Å². The average molecular weight is 429 g/mol. The molecule has 0 saturated heterocycles. The Morgan fingerprint density at radius 2 is 1.59 bits per heavy atom. The van der Waals surface area contributed by atoms with Gasteiger partial charge < -0.3 is 15.4 Å². The highest BCUT2D eigenvalue weighted by Crippen LogP contribution is 2.36. The van der Waals surface area contributed by atoms with Crippen LogP contribution in [0.5, 0.6) is 5.75 Å². The Hall–Kier alpha value is -4.13. The number of amides is 3. The molecule has 0 fully saturated rings. The number of benzene rings is 3. The number of hydrogen-bond donors (Lipinski definition) is 2. The molecule has 162 valence electrons. The van der Waals surface area contributed by atoms with Crippen molar-refractivity contribution in [2.45, 2.75) is 19.4 Å². The number of fused-ring (bicyclic) bond motifs is 1. The van der Waals surface area contributed by atoms with Crippen LogP contribution in [0.4, 0.5) is 17.1 Å². The van der Waals surface area contributed by atoms with Crippen molar-refractivity contribution in [2.24, 2.45) is 0 Å². The molecule has 0 spiro atoms. The number of rotatable bonds is 5. The van der Waals surface area contributed by atoms with E-state index in [9.17, 15) is 14.4 Å². The second-order valence-corrected chi connectivity index (χ2v) is 7.86. The van der Waals surface area contributed by atoms with Gasteiger partial charge in [0.1, 0.15) is 11.3 Å². The van der Waals surface area contributed by atoms with Crippen LogP contribution in [-0.2, 0) is 9.59 Å². The van der Waals surface area contributed by atoms with Gasteiger partial charge in [-0.3, -0.25) is 19.3 Å². The highest BCUT2D eigenvalue weighted by Gasteiger charge is 2.43. The summed E-state index contributed by atoms with van der Waals surface area (Å²) in [6.07, 6.45) is 0. The van der Waals surface area contributed by atoms with Crippen LogP contribution in [0.3, 0.4) is 0 Å². The number of carbonyl (C=O) groups is 3. The van der Waals surface area contributed by atoms with Crippen molar-refractivity contribution in [2.75, 3.05) is 22.1 Å². The Bertz CT molecular complexity index is 1170. The molecule has 0 radical (unpaired) electrons. The van der Waals surface area contributed by atoms with E-state index in [1.807, 2.05) is 18.2 Å². The van der Waals surface area contributed by atoms with Crippen molar-refractivity contribution in [3.63, 3.8) is 0 Å². The summed E-state index contributed by atoms with van der Waals surface area (Å²) < 4.78 is 5.77. The Morgan fingerprint density at radius 1 is 0.938 bits per heavy atom. The SMILES string of the molecule is CC1(C)C(=O)Nc2ccccc2N1C(=O)COc1ccccc1C(=O)Nc1ccccc1. The van der Waals surface area contributed by atoms with E-state index in [0.29, 0.717) is 22.6 Å². The van der Waals surface area contributed by atoms with Gasteiger partial charge in [0.05, 0.1) is 16.9 Å². The second kappa shape index (κ2) is 8.55. The lowest BCUT2D eigenvalue weighted by Crippen LogP contribution is -2.59. The number of carbonyl (C=O) groups excluding carboxylic acids is 3. The fourth-order valence-corrected chi connectivity index (χ4v) is 3.60. The van der Waals surface area contributed by atoms with E-state index in [1.54, 1.807) is 74.5 Å². The third-order valence-corrected chi connectivity index (χ3v) is 5.27. The average Bonchev–Trinajstić information content (AvgIpc) is 2.79. The first kappa shape index (κ1) is 21.1. The second-order valence-electron chi connectivity index (χ2n) is 7.86. The third-order valence-electron chi connectivity index (χ3n) is 5.27. The van der Waals surface area contributed by atoms with E-state index in [1.165, 1.54) is 4.90 Å². The van der Waals surface area contributed by atoms with Crippen molar-refractivity contribution in [3.8, 4) is 5.75 Å². The van der Waals surface area contributed by atoms with Gasteiger partial charge in [-0.1, -0.05) is 42.5 Å². The van der Waals surface area contributed by atoms with Crippen LogP contribution < -0.4 is 20.3 Å². The Labute approximate surface area is 186 Å². The standard InChI is InChI=1S/C25H23N3O4/c1-25(2)24(31)27-19-13-7-8-14-20(19)28(25)22(29)16-32-21-15-9-6-12-18(21)23(30)26-17-10-4-3-5-11-17/h3-15H,16H2,1-2H3,(H,26,30)(H,27,31). The minimum absolute atomic E-state index is 0.279. The highest BCUT2D eigenvalue weighted by atomic mass is 16.5. The Morgan fingerprint density at radius 3 is 2.38 bits per heavy atom. The topological polar surface area (TPSA) is 87.7 Å². The van der Waals surface area contributed by atoms with Crippen molar-refractivity contribution < 1.29 is 19.1 Å². The van der Waals surface area contributed by atoms with Gasteiger partial charge in [0.15, 0.2) is 6.61 Å². The van der Waals surface area contributed by atoms with Gasteiger partial charge in [0.2, 0.25) is 5.91 Å². The maximum absolute atomic E-state index is 13.2. The summed E-state index contributed by atoms with van der Waals surface area (Å²) in [6.45, 7) is 3.02. The molecule has 0 saturated carbocycles. The number of nitrogens with one attached hydrogen (secondary N) is 2. The first-order valence-electron chi connectivity index (χ1n) is 10.2. The molecule has 3 amide bonds. The largest absolute Gasteiger partial charge is 0.483 e. The van der Waals surface area contributed by atoms with E-state index in [0.717, 1.165) is 0 Å². The van der Waals surface area contributed by atoms with Crippen LogP contribution >= 0.6 is 0 Å². The fraction of sp³-hybridized carbons (Fsp3) is 0.160. The fourth-order valence-electron chi connectivity index (χ4n) is 3.60. The van der Waals surface area contributed by atoms with Crippen LogP contribution in [0.15, 0.2) is 78.9 Å². The molecule has 1 heterocycles. The van der Waals surface area contributed by atoms with Gasteiger partial charge in [-0.25, -0.2) is 0 Å². The molecule has 32 heavy (non-hydrogen) atoms. The summed E-state index contributed by atoms with van der Waals surface area (Å²) >= 11 is 0. The van der Waals surface area contributed by atoms with Crippen LogP contribution in [0.1, 0.15) is 24.2 Å². The summed E-state index contributed by atoms with van der Waals surface area (Å²) in [7, 11) is 0. The van der Waals surface area contributed by atoms with Crippen molar-refractivity contribution >= 4 is 34.8 Å². The normalized spacial score (nSPS) is 14.2. The van der Waals surface area contributed by atoms with Crippen LogP contribution in [-0.4, -0.2) is 29.9 Å². The van der Waals surface area contributed by atoms with E-state index in [2.05, 4.69) is 10.6 Å². The Balaban J connectivity index is 1.54. The molecule has 3 aromatic rings. The lowest BCUT2D eigenvalue weighted by atomic mass is 9.96. The van der Waals surface area contributed by atoms with E-state index >= 15 is 0 Å². The smallest absolute Gasteiger partial charge is 0.265 e. The minimum atomic E-state index is -1.10. The predicted molar refractivity (Wildman–Crippen MR) is 123 cm³/mol. The zero-order valence-electron chi connectivity index (χ0n) is 17.8. The molecule has 1 aliphatic heterocycles. The van der Waals surface area contributed by atoms with E-state index in [-0.39, 0.29) is 24.2 Å². The van der Waals surface area contributed by atoms with Gasteiger partial charge in [-0.2, -0.15) is 0 Å². The summed E-state index contributed by atoms with van der Waals surface area (Å²) in [5.74, 6) is -0.744. The predicted octanol–water partition coefficient (Wildman–Crippen LogP) is 4.08. The highest BCUT2D eigenvalue weighted by molar-refractivity contribution is 6.14. The lowest BCUT2D eigenvalue weighted by Gasteiger charge is -2.41. The molecule has 7 nitrogen and oxygen atoms in total. The minimum Gasteiger partial charge on any atom is -0.483 e. The third kappa shape index (κ3) is 4.05. The van der Waals surface area contributed by atoms with Crippen molar-refractivity contribution in [3.05, 3.63) is 84.4 Å². The van der Waals surface area contributed by atoms with E-state index < -0.39 is 11.4 Å². The molecule has 0 bridgehead atoms. The number of para-hydroxylation sites is 4. The molecule has 4 rings (SSSR count). The van der Waals surface area contributed by atoms with Gasteiger partial charge in [-0.05, 0) is 50.2 Å². The molecule has 2 N–H and O–H groups in total. The first-order valence-corrected chi connectivity index (χ1v) is 10.2.